The van der Waals surface area contributed by atoms with Gasteiger partial charge in [-0.15, -0.1) is 11.3 Å². The predicted octanol–water partition coefficient (Wildman–Crippen LogP) is 1.33. The van der Waals surface area contributed by atoms with Gasteiger partial charge in [-0.05, 0) is 6.92 Å². The second-order valence-electron chi connectivity index (χ2n) is 2.38. The van der Waals surface area contributed by atoms with Crippen LogP contribution >= 0.6 is 23.1 Å². The van der Waals surface area contributed by atoms with Crippen molar-refractivity contribution in [2.45, 2.75) is 11.3 Å². The molecule has 1 aromatic rings. The van der Waals surface area contributed by atoms with Crippen molar-refractivity contribution in [1.82, 2.24) is 4.98 Å². The first-order valence-electron chi connectivity index (χ1n) is 3.56. The summed E-state index contributed by atoms with van der Waals surface area (Å²) in [5.41, 5.74) is 0.426. The molecular formula is C7H7NO4S2. The van der Waals surface area contributed by atoms with Gasteiger partial charge in [0.2, 0.25) is 0 Å². The van der Waals surface area contributed by atoms with Gasteiger partial charge in [0.25, 0.3) is 0 Å². The van der Waals surface area contributed by atoms with Crippen LogP contribution < -0.4 is 0 Å². The molecule has 1 rings (SSSR count). The zero-order valence-corrected chi connectivity index (χ0v) is 8.81. The van der Waals surface area contributed by atoms with Crippen molar-refractivity contribution in [3.63, 3.8) is 0 Å². The van der Waals surface area contributed by atoms with Crippen molar-refractivity contribution in [1.29, 1.82) is 0 Å². The Morgan fingerprint density at radius 2 is 2.14 bits per heavy atom. The molecule has 5 nitrogen and oxygen atoms in total. The first kappa shape index (κ1) is 11.0. The maximum absolute atomic E-state index is 10.6. The van der Waals surface area contributed by atoms with Gasteiger partial charge < -0.3 is 10.2 Å². The van der Waals surface area contributed by atoms with Crippen molar-refractivity contribution in [2.75, 3.05) is 5.75 Å². The third kappa shape index (κ3) is 2.71. The Hall–Kier alpha value is -1.08. The molecule has 0 amide bonds. The summed E-state index contributed by atoms with van der Waals surface area (Å²) in [6.07, 6.45) is 0. The molecule has 0 spiro atoms. The normalized spacial score (nSPS) is 10.1. The number of nitrogens with zero attached hydrogens (tertiary/aromatic N) is 1. The van der Waals surface area contributed by atoms with Crippen molar-refractivity contribution < 1.29 is 19.8 Å². The number of aliphatic carboxylic acids is 1. The van der Waals surface area contributed by atoms with Gasteiger partial charge in [-0.2, -0.15) is 0 Å². The number of aromatic carboxylic acids is 1. The van der Waals surface area contributed by atoms with E-state index in [1.807, 2.05) is 0 Å². The summed E-state index contributed by atoms with van der Waals surface area (Å²) < 4.78 is 0.474. The number of aromatic nitrogens is 1. The molecule has 0 fully saturated rings. The third-order valence-electron chi connectivity index (χ3n) is 1.29. The fourth-order valence-corrected chi connectivity index (χ4v) is 2.50. The fraction of sp³-hybridized carbons (Fsp3) is 0.286. The molecule has 0 saturated carbocycles. The molecule has 1 heterocycles. The van der Waals surface area contributed by atoms with Crippen LogP contribution in [-0.2, 0) is 4.79 Å². The maximum atomic E-state index is 10.6. The van der Waals surface area contributed by atoms with Crippen LogP contribution in [0.25, 0.3) is 0 Å². The predicted molar refractivity (Wildman–Crippen MR) is 52.2 cm³/mol. The molecule has 0 saturated heterocycles. The monoisotopic (exact) mass is 233 g/mol. The smallest absolute Gasteiger partial charge is 0.347 e. The molecule has 1 aromatic heterocycles. The summed E-state index contributed by atoms with van der Waals surface area (Å²) in [5, 5.41) is 17.1. The molecular weight excluding hydrogens is 226 g/mol. The lowest BCUT2D eigenvalue weighted by Crippen LogP contribution is -1.96. The number of thiazole rings is 1. The van der Waals surface area contributed by atoms with Crippen LogP contribution in [0, 0.1) is 6.92 Å². The number of thioether (sulfide) groups is 1. The van der Waals surface area contributed by atoms with Gasteiger partial charge in [0, 0.05) is 0 Å². The van der Waals surface area contributed by atoms with Gasteiger partial charge in [-0.1, -0.05) is 11.8 Å². The van der Waals surface area contributed by atoms with E-state index < -0.39 is 11.9 Å². The summed E-state index contributed by atoms with van der Waals surface area (Å²) in [6, 6.07) is 0. The van der Waals surface area contributed by atoms with Crippen LogP contribution in [0.5, 0.6) is 0 Å². The molecule has 0 radical (unpaired) electrons. The third-order valence-corrected chi connectivity index (χ3v) is 3.56. The first-order valence-corrected chi connectivity index (χ1v) is 5.36. The fourth-order valence-electron chi connectivity index (χ4n) is 0.755. The van der Waals surface area contributed by atoms with Gasteiger partial charge in [0.05, 0.1) is 11.4 Å². The van der Waals surface area contributed by atoms with Crippen LogP contribution in [0.3, 0.4) is 0 Å². The molecule has 7 heteroatoms. The van der Waals surface area contributed by atoms with Crippen molar-refractivity contribution in [3.8, 4) is 0 Å². The summed E-state index contributed by atoms with van der Waals surface area (Å²) in [7, 11) is 0. The highest BCUT2D eigenvalue weighted by molar-refractivity contribution is 8.01. The average molecular weight is 233 g/mol. The minimum atomic E-state index is -1.03. The number of carboxylic acid groups (broad SMARTS) is 2. The van der Waals surface area contributed by atoms with E-state index in [2.05, 4.69) is 4.98 Å². The lowest BCUT2D eigenvalue weighted by Gasteiger charge is -1.88. The van der Waals surface area contributed by atoms with E-state index in [1.54, 1.807) is 6.92 Å². The number of rotatable bonds is 4. The summed E-state index contributed by atoms with van der Waals surface area (Å²) in [5.74, 6) is -2.08. The van der Waals surface area contributed by atoms with E-state index in [-0.39, 0.29) is 10.6 Å². The van der Waals surface area contributed by atoms with E-state index in [0.29, 0.717) is 10.0 Å². The Morgan fingerprint density at radius 3 is 2.57 bits per heavy atom. The van der Waals surface area contributed by atoms with E-state index in [9.17, 15) is 9.59 Å². The molecule has 0 aliphatic rings. The topological polar surface area (TPSA) is 87.5 Å². The molecule has 0 bridgehead atoms. The van der Waals surface area contributed by atoms with Gasteiger partial charge >= 0.3 is 11.9 Å². The highest BCUT2D eigenvalue weighted by atomic mass is 32.2. The van der Waals surface area contributed by atoms with Crippen molar-refractivity contribution >= 4 is 35.0 Å². The molecule has 76 valence electrons. The Kier molecular flexibility index (Phi) is 3.48. The SMILES string of the molecule is Cc1nc(SCC(=O)O)sc1C(=O)O. The second kappa shape index (κ2) is 4.43. The number of carbonyl (C=O) groups is 2. The lowest BCUT2D eigenvalue weighted by molar-refractivity contribution is -0.133. The molecule has 0 aliphatic heterocycles. The second-order valence-corrected chi connectivity index (χ2v) is 4.60. The van der Waals surface area contributed by atoms with Crippen LogP contribution in [-0.4, -0.2) is 32.9 Å². The summed E-state index contributed by atoms with van der Waals surface area (Å²) in [4.78, 5) is 25.0. The first-order chi connectivity index (χ1) is 6.50. The van der Waals surface area contributed by atoms with E-state index in [4.69, 9.17) is 10.2 Å². The van der Waals surface area contributed by atoms with E-state index >= 15 is 0 Å². The zero-order valence-electron chi connectivity index (χ0n) is 7.18. The molecule has 0 atom stereocenters. The Labute approximate surface area is 87.8 Å². The average Bonchev–Trinajstić information content (AvgIpc) is 2.43. The zero-order chi connectivity index (χ0) is 10.7. The van der Waals surface area contributed by atoms with E-state index in [1.165, 1.54) is 0 Å². The molecule has 14 heavy (non-hydrogen) atoms. The van der Waals surface area contributed by atoms with Crippen molar-refractivity contribution in [2.24, 2.45) is 0 Å². The summed E-state index contributed by atoms with van der Waals surface area (Å²) >= 11 is 2.02. The van der Waals surface area contributed by atoms with Crippen LogP contribution in [0.1, 0.15) is 15.4 Å². The van der Waals surface area contributed by atoms with E-state index in [0.717, 1.165) is 23.1 Å². The largest absolute Gasteiger partial charge is 0.481 e. The van der Waals surface area contributed by atoms with Crippen LogP contribution in [0.4, 0.5) is 0 Å². The molecule has 0 aliphatic carbocycles. The number of hydrogen-bond donors (Lipinski definition) is 2. The Bertz CT molecular complexity index is 374. The Balaban J connectivity index is 2.76. The number of hydrogen-bond acceptors (Lipinski definition) is 5. The van der Waals surface area contributed by atoms with Crippen LogP contribution in [0.2, 0.25) is 0 Å². The molecule has 0 unspecified atom stereocenters. The van der Waals surface area contributed by atoms with Gasteiger partial charge in [-0.3, -0.25) is 4.79 Å². The minimum absolute atomic E-state index is 0.105. The van der Waals surface area contributed by atoms with Crippen LogP contribution in [0.15, 0.2) is 4.34 Å². The highest BCUT2D eigenvalue weighted by Gasteiger charge is 2.14. The maximum Gasteiger partial charge on any atom is 0.347 e. The lowest BCUT2D eigenvalue weighted by atomic mass is 10.4. The van der Waals surface area contributed by atoms with Crippen molar-refractivity contribution in [3.05, 3.63) is 10.6 Å². The van der Waals surface area contributed by atoms with Gasteiger partial charge in [0.15, 0.2) is 4.34 Å². The number of carboxylic acids is 2. The standard InChI is InChI=1S/C7H7NO4S2/c1-3-5(6(11)12)14-7(8-3)13-2-4(9)10/h2H2,1H3,(H,9,10)(H,11,12). The van der Waals surface area contributed by atoms with Gasteiger partial charge in [-0.25, -0.2) is 9.78 Å². The van der Waals surface area contributed by atoms with Gasteiger partial charge in [0.1, 0.15) is 4.88 Å². The quantitative estimate of drug-likeness (QED) is 0.763. The highest BCUT2D eigenvalue weighted by Crippen LogP contribution is 2.26. The Morgan fingerprint density at radius 1 is 1.50 bits per heavy atom. The molecule has 0 aromatic carbocycles. The summed E-state index contributed by atoms with van der Waals surface area (Å²) in [6.45, 7) is 1.59. The number of aryl methyl sites for hydroxylation is 1. The minimum Gasteiger partial charge on any atom is -0.481 e. The molecule has 2 N–H and O–H groups in total.